The summed E-state index contributed by atoms with van der Waals surface area (Å²) in [6, 6.07) is 0. The highest BCUT2D eigenvalue weighted by Gasteiger charge is 2.35. The van der Waals surface area contributed by atoms with Crippen molar-refractivity contribution < 1.29 is 0 Å². The van der Waals surface area contributed by atoms with Crippen molar-refractivity contribution in [2.45, 2.75) is 37.8 Å². The van der Waals surface area contributed by atoms with E-state index in [4.69, 9.17) is 0 Å². The van der Waals surface area contributed by atoms with E-state index in [-0.39, 0.29) is 16.8 Å². The third-order valence-corrected chi connectivity index (χ3v) is 4.77. The van der Waals surface area contributed by atoms with Crippen molar-refractivity contribution in [2.75, 3.05) is 20.6 Å². The molecule has 0 saturated heterocycles. The van der Waals surface area contributed by atoms with Gasteiger partial charge in [0.2, 0.25) is 0 Å². The highest BCUT2D eigenvalue weighted by molar-refractivity contribution is 5.06. The van der Waals surface area contributed by atoms with Crippen molar-refractivity contribution >= 4 is 0 Å². The van der Waals surface area contributed by atoms with E-state index in [2.05, 4.69) is 24.3 Å². The maximum atomic E-state index is 12.1. The fourth-order valence-corrected chi connectivity index (χ4v) is 3.25. The van der Waals surface area contributed by atoms with Gasteiger partial charge in [-0.15, -0.1) is 0 Å². The fraction of sp³-hybridized carbons (Fsp3) is 0.733. The smallest absolute Gasteiger partial charge is 0.311 e. The zero-order valence-corrected chi connectivity index (χ0v) is 13.5. The van der Waals surface area contributed by atoms with Crippen LogP contribution in [0.15, 0.2) is 15.8 Å². The van der Waals surface area contributed by atoms with Crippen molar-refractivity contribution in [1.29, 1.82) is 0 Å². The standard InChI is InChI=1S/C15H26N4O2/c1-17(2)15(7-5-6-8-15)11-16-9-12-10-18(3)14(21)19(4)13(12)20/h10,16H,5-9,11H2,1-4H3. The van der Waals surface area contributed by atoms with Gasteiger partial charge in [0, 0.05) is 44.5 Å². The summed E-state index contributed by atoms with van der Waals surface area (Å²) in [5.74, 6) is 0. The number of nitrogens with zero attached hydrogens (tertiary/aromatic N) is 3. The average molecular weight is 294 g/mol. The van der Waals surface area contributed by atoms with Crippen LogP contribution in [0.25, 0.3) is 0 Å². The summed E-state index contributed by atoms with van der Waals surface area (Å²) in [5.41, 5.74) is 0.332. The van der Waals surface area contributed by atoms with Gasteiger partial charge in [0.1, 0.15) is 0 Å². The Balaban J connectivity index is 2.07. The van der Waals surface area contributed by atoms with Gasteiger partial charge >= 0.3 is 5.69 Å². The molecule has 0 amide bonds. The molecule has 1 saturated carbocycles. The maximum absolute atomic E-state index is 12.1. The summed E-state index contributed by atoms with van der Waals surface area (Å²) < 4.78 is 2.62. The summed E-state index contributed by atoms with van der Waals surface area (Å²) in [5, 5.41) is 3.41. The summed E-state index contributed by atoms with van der Waals surface area (Å²) in [7, 11) is 7.44. The van der Waals surface area contributed by atoms with Gasteiger partial charge in [0.15, 0.2) is 0 Å². The topological polar surface area (TPSA) is 59.3 Å². The molecule has 1 fully saturated rings. The van der Waals surface area contributed by atoms with Gasteiger partial charge in [0.25, 0.3) is 5.56 Å². The molecule has 0 atom stereocenters. The van der Waals surface area contributed by atoms with Gasteiger partial charge in [-0.05, 0) is 26.9 Å². The van der Waals surface area contributed by atoms with Crippen LogP contribution in [0.1, 0.15) is 31.2 Å². The second-order valence-corrected chi connectivity index (χ2v) is 6.34. The molecule has 6 nitrogen and oxygen atoms in total. The van der Waals surface area contributed by atoms with Gasteiger partial charge < -0.3 is 14.8 Å². The molecule has 0 radical (unpaired) electrons. The summed E-state index contributed by atoms with van der Waals surface area (Å²) in [4.78, 5) is 26.0. The summed E-state index contributed by atoms with van der Waals surface area (Å²) in [6.07, 6.45) is 6.55. The first kappa shape index (κ1) is 16.0. The van der Waals surface area contributed by atoms with Crippen LogP contribution < -0.4 is 16.6 Å². The third-order valence-electron chi connectivity index (χ3n) is 4.77. The van der Waals surface area contributed by atoms with Crippen LogP contribution in [-0.4, -0.2) is 40.2 Å². The molecule has 2 rings (SSSR count). The van der Waals surface area contributed by atoms with E-state index >= 15 is 0 Å². The number of aryl methyl sites for hydroxylation is 1. The zero-order chi connectivity index (χ0) is 15.6. The monoisotopic (exact) mass is 294 g/mol. The summed E-state index contributed by atoms with van der Waals surface area (Å²) >= 11 is 0. The van der Waals surface area contributed by atoms with Crippen molar-refractivity contribution in [3.63, 3.8) is 0 Å². The SMILES string of the molecule is CN(C)C1(CNCc2cn(C)c(=O)n(C)c2=O)CCCC1. The Hall–Kier alpha value is -1.40. The minimum atomic E-state index is -0.288. The van der Waals surface area contributed by atoms with Crippen LogP contribution in [0.4, 0.5) is 0 Å². The Labute approximate surface area is 125 Å². The van der Waals surface area contributed by atoms with Gasteiger partial charge in [-0.25, -0.2) is 4.79 Å². The van der Waals surface area contributed by atoms with Crippen molar-refractivity contribution in [3.05, 3.63) is 32.6 Å². The molecule has 0 spiro atoms. The van der Waals surface area contributed by atoms with Gasteiger partial charge in [0.05, 0.1) is 0 Å². The van der Waals surface area contributed by atoms with E-state index in [0.717, 1.165) is 11.1 Å². The van der Waals surface area contributed by atoms with E-state index in [1.807, 2.05) is 0 Å². The zero-order valence-electron chi connectivity index (χ0n) is 13.5. The largest absolute Gasteiger partial charge is 0.330 e. The van der Waals surface area contributed by atoms with Crippen LogP contribution in [-0.2, 0) is 20.6 Å². The summed E-state index contributed by atoms with van der Waals surface area (Å²) in [6.45, 7) is 1.36. The van der Waals surface area contributed by atoms with E-state index in [0.29, 0.717) is 12.1 Å². The first-order valence-electron chi connectivity index (χ1n) is 7.51. The molecule has 0 unspecified atom stereocenters. The number of hydrogen-bond donors (Lipinski definition) is 1. The van der Waals surface area contributed by atoms with Gasteiger partial charge in [-0.2, -0.15) is 0 Å². The van der Waals surface area contributed by atoms with E-state index in [9.17, 15) is 9.59 Å². The molecule has 1 aromatic heterocycles. The average Bonchev–Trinajstić information content (AvgIpc) is 2.92. The van der Waals surface area contributed by atoms with Crippen molar-refractivity contribution in [2.24, 2.45) is 14.1 Å². The predicted molar refractivity (Wildman–Crippen MR) is 83.5 cm³/mol. The number of hydrogen-bond acceptors (Lipinski definition) is 4. The van der Waals surface area contributed by atoms with Crippen LogP contribution >= 0.6 is 0 Å². The van der Waals surface area contributed by atoms with Crippen LogP contribution in [0.5, 0.6) is 0 Å². The molecule has 21 heavy (non-hydrogen) atoms. The Kier molecular flexibility index (Phi) is 4.68. The fourth-order valence-electron chi connectivity index (χ4n) is 3.25. The lowest BCUT2D eigenvalue weighted by atomic mass is 9.96. The van der Waals surface area contributed by atoms with Gasteiger partial charge in [-0.3, -0.25) is 9.36 Å². The molecule has 0 aromatic carbocycles. The lowest BCUT2D eigenvalue weighted by Crippen LogP contribution is -2.50. The quantitative estimate of drug-likeness (QED) is 0.833. The highest BCUT2D eigenvalue weighted by Crippen LogP contribution is 2.33. The lowest BCUT2D eigenvalue weighted by molar-refractivity contribution is 0.153. The molecule has 0 bridgehead atoms. The number of likely N-dealkylation sites (N-methyl/N-ethyl adjacent to an activating group) is 1. The number of nitrogens with one attached hydrogen (secondary N) is 1. The second kappa shape index (κ2) is 6.15. The van der Waals surface area contributed by atoms with Crippen LogP contribution in [0, 0.1) is 0 Å². The number of rotatable bonds is 5. The lowest BCUT2D eigenvalue weighted by Gasteiger charge is -2.36. The molecular weight excluding hydrogens is 268 g/mol. The van der Waals surface area contributed by atoms with E-state index in [1.165, 1.54) is 37.3 Å². The Morgan fingerprint density at radius 1 is 1.24 bits per heavy atom. The van der Waals surface area contributed by atoms with E-state index < -0.39 is 0 Å². The molecule has 6 heteroatoms. The molecule has 0 aliphatic heterocycles. The molecular formula is C15H26N4O2. The van der Waals surface area contributed by atoms with Crippen molar-refractivity contribution in [3.8, 4) is 0 Å². The molecule has 1 aliphatic carbocycles. The molecule has 1 N–H and O–H groups in total. The van der Waals surface area contributed by atoms with Gasteiger partial charge in [-0.1, -0.05) is 12.8 Å². The van der Waals surface area contributed by atoms with Crippen molar-refractivity contribution in [1.82, 2.24) is 19.4 Å². The highest BCUT2D eigenvalue weighted by atomic mass is 16.2. The Morgan fingerprint density at radius 3 is 2.43 bits per heavy atom. The van der Waals surface area contributed by atoms with Crippen LogP contribution in [0.3, 0.4) is 0 Å². The molecule has 1 aliphatic rings. The minimum absolute atomic E-state index is 0.200. The molecule has 1 aromatic rings. The first-order chi connectivity index (χ1) is 9.87. The van der Waals surface area contributed by atoms with Crippen LogP contribution in [0.2, 0.25) is 0 Å². The maximum Gasteiger partial charge on any atom is 0.330 e. The second-order valence-electron chi connectivity index (χ2n) is 6.34. The normalized spacial score (nSPS) is 17.6. The molecule has 1 heterocycles. The minimum Gasteiger partial charge on any atom is -0.311 e. The predicted octanol–water partition coefficient (Wildman–Crippen LogP) is 0.0480. The first-order valence-corrected chi connectivity index (χ1v) is 7.51. The van der Waals surface area contributed by atoms with E-state index in [1.54, 1.807) is 13.2 Å². The number of aromatic nitrogens is 2. The Bertz CT molecular complexity index is 609. The third kappa shape index (κ3) is 3.11. The Morgan fingerprint density at radius 2 is 1.86 bits per heavy atom. The molecule has 118 valence electrons.